The molecule has 1 aliphatic heterocycles. The van der Waals surface area contributed by atoms with Gasteiger partial charge >= 0.3 is 12.4 Å². The number of benzene rings is 1. The predicted molar refractivity (Wildman–Crippen MR) is 119 cm³/mol. The molecule has 3 heterocycles. The summed E-state index contributed by atoms with van der Waals surface area (Å²) in [6, 6.07) is 8.04. The van der Waals surface area contributed by atoms with E-state index in [1.54, 1.807) is 19.1 Å². The fourth-order valence-corrected chi connectivity index (χ4v) is 4.13. The van der Waals surface area contributed by atoms with Gasteiger partial charge in [-0.05, 0) is 58.7 Å². The second kappa shape index (κ2) is 10.1. The van der Waals surface area contributed by atoms with Gasteiger partial charge in [-0.3, -0.25) is 10.3 Å². The Kier molecular flexibility index (Phi) is 7.24. The number of aromatic amines is 1. The Morgan fingerprint density at radius 2 is 1.81 bits per heavy atom. The van der Waals surface area contributed by atoms with E-state index in [0.717, 1.165) is 17.7 Å². The zero-order valence-corrected chi connectivity index (χ0v) is 19.4. The van der Waals surface area contributed by atoms with Crippen molar-refractivity contribution >= 4 is 11.1 Å². The molecule has 198 valence electrons. The molecule has 0 aliphatic carbocycles. The lowest BCUT2D eigenvalue weighted by Crippen LogP contribution is -2.60. The first-order chi connectivity index (χ1) is 17.4. The number of aliphatic hydroxyl groups is 1. The van der Waals surface area contributed by atoms with Gasteiger partial charge in [-0.25, -0.2) is 5.10 Å². The van der Waals surface area contributed by atoms with E-state index in [1.165, 1.54) is 18.3 Å². The van der Waals surface area contributed by atoms with E-state index >= 15 is 0 Å². The number of aryl methyl sites for hydroxylation is 1. The standard InChI is InChI=1S/C23H22F6N6O2/c1-13-3-8-17(30-12-13)16-11-21(23(27,28)29,31-20(36)18(16)19-32-34-35-33-19)14-4-6-15(7-5-14)37-10-2-9-22(24,25)26/h3-8,12,20,31,36H,2,9-11H2,1H3,(H,32,33,34,35)/t20?,21-/m0/s1. The monoisotopic (exact) mass is 528 g/mol. The minimum Gasteiger partial charge on any atom is -0.494 e. The molecule has 8 nitrogen and oxygen atoms in total. The van der Waals surface area contributed by atoms with Gasteiger partial charge < -0.3 is 9.84 Å². The number of nitrogens with one attached hydrogen (secondary N) is 2. The van der Waals surface area contributed by atoms with Gasteiger partial charge in [0, 0.05) is 24.6 Å². The molecule has 0 fully saturated rings. The number of H-pyrrole nitrogens is 1. The van der Waals surface area contributed by atoms with Crippen LogP contribution in [-0.2, 0) is 5.54 Å². The molecule has 4 rings (SSSR count). The first-order valence-corrected chi connectivity index (χ1v) is 11.1. The number of hydrogen-bond acceptors (Lipinski definition) is 7. The molecule has 3 N–H and O–H groups in total. The molecular formula is C23H22F6N6O2. The van der Waals surface area contributed by atoms with Gasteiger partial charge in [0.2, 0.25) is 0 Å². The molecule has 3 aromatic rings. The molecule has 1 aromatic carbocycles. The lowest BCUT2D eigenvalue weighted by Gasteiger charge is -2.43. The highest BCUT2D eigenvalue weighted by Crippen LogP contribution is 2.50. The number of aromatic nitrogens is 5. The van der Waals surface area contributed by atoms with E-state index in [2.05, 4.69) is 30.9 Å². The number of ether oxygens (including phenoxy) is 1. The summed E-state index contributed by atoms with van der Waals surface area (Å²) in [5.74, 6) is 0.0970. The van der Waals surface area contributed by atoms with Crippen molar-refractivity contribution in [1.82, 2.24) is 30.9 Å². The third-order valence-corrected chi connectivity index (χ3v) is 5.95. The van der Waals surface area contributed by atoms with Gasteiger partial charge in [-0.15, -0.1) is 5.10 Å². The highest BCUT2D eigenvalue weighted by atomic mass is 19.4. The number of nitrogens with zero attached hydrogens (tertiary/aromatic N) is 4. The van der Waals surface area contributed by atoms with Crippen molar-refractivity contribution in [1.29, 1.82) is 0 Å². The second-order valence-corrected chi connectivity index (χ2v) is 8.58. The molecular weight excluding hydrogens is 506 g/mol. The van der Waals surface area contributed by atoms with Crippen LogP contribution in [0.2, 0.25) is 0 Å². The van der Waals surface area contributed by atoms with Crippen LogP contribution in [0.15, 0.2) is 42.6 Å². The zero-order chi connectivity index (χ0) is 26.8. The Morgan fingerprint density at radius 1 is 1.08 bits per heavy atom. The molecule has 37 heavy (non-hydrogen) atoms. The van der Waals surface area contributed by atoms with Crippen molar-refractivity contribution in [2.45, 2.75) is 50.3 Å². The Labute approximate surface area is 206 Å². The number of rotatable bonds is 7. The molecule has 1 aliphatic rings. The number of alkyl halides is 6. The number of hydrogen-bond donors (Lipinski definition) is 3. The van der Waals surface area contributed by atoms with Crippen LogP contribution in [0.3, 0.4) is 0 Å². The Bertz CT molecular complexity index is 1230. The normalized spacial score (nSPS) is 20.8. The maximum atomic E-state index is 14.7. The van der Waals surface area contributed by atoms with Crippen molar-refractivity contribution in [2.75, 3.05) is 6.61 Å². The van der Waals surface area contributed by atoms with Crippen molar-refractivity contribution in [2.24, 2.45) is 0 Å². The zero-order valence-electron chi connectivity index (χ0n) is 19.4. The van der Waals surface area contributed by atoms with Gasteiger partial charge in [-0.1, -0.05) is 18.2 Å². The maximum Gasteiger partial charge on any atom is 0.411 e. The summed E-state index contributed by atoms with van der Waals surface area (Å²) in [6.07, 6.45) is -11.5. The average molecular weight is 528 g/mol. The minimum atomic E-state index is -4.88. The van der Waals surface area contributed by atoms with Crippen LogP contribution in [-0.4, -0.2) is 55.9 Å². The summed E-state index contributed by atoms with van der Waals surface area (Å²) in [5.41, 5.74) is -1.88. The topological polar surface area (TPSA) is 109 Å². The summed E-state index contributed by atoms with van der Waals surface area (Å²) < 4.78 is 86.4. The van der Waals surface area contributed by atoms with Crippen molar-refractivity contribution in [3.63, 3.8) is 0 Å². The van der Waals surface area contributed by atoms with Crippen LogP contribution in [0.5, 0.6) is 5.75 Å². The summed E-state index contributed by atoms with van der Waals surface area (Å²) in [7, 11) is 0. The minimum absolute atomic E-state index is 0.0178. The molecule has 0 saturated carbocycles. The lowest BCUT2D eigenvalue weighted by atomic mass is 9.77. The largest absolute Gasteiger partial charge is 0.494 e. The first kappa shape index (κ1) is 26.5. The van der Waals surface area contributed by atoms with Crippen molar-refractivity contribution in [3.8, 4) is 5.75 Å². The molecule has 0 bridgehead atoms. The summed E-state index contributed by atoms with van der Waals surface area (Å²) in [4.78, 5) is 4.26. The number of halogens is 6. The third-order valence-electron chi connectivity index (χ3n) is 5.95. The summed E-state index contributed by atoms with van der Waals surface area (Å²) in [6.45, 7) is 1.53. The van der Waals surface area contributed by atoms with Crippen LogP contribution in [0.4, 0.5) is 26.3 Å². The van der Waals surface area contributed by atoms with Crippen LogP contribution < -0.4 is 10.1 Å². The molecule has 0 radical (unpaired) electrons. The van der Waals surface area contributed by atoms with E-state index in [1.807, 2.05) is 0 Å². The fraction of sp³-hybridized carbons (Fsp3) is 0.391. The Hall–Kier alpha value is -3.52. The van der Waals surface area contributed by atoms with Gasteiger partial charge in [0.15, 0.2) is 5.82 Å². The quantitative estimate of drug-likeness (QED) is 0.310. The van der Waals surface area contributed by atoms with E-state index in [4.69, 9.17) is 4.74 Å². The molecule has 2 atom stereocenters. The molecule has 14 heteroatoms. The lowest BCUT2D eigenvalue weighted by molar-refractivity contribution is -0.207. The first-order valence-electron chi connectivity index (χ1n) is 11.1. The predicted octanol–water partition coefficient (Wildman–Crippen LogP) is 4.30. The summed E-state index contributed by atoms with van der Waals surface area (Å²) >= 11 is 0. The molecule has 2 aromatic heterocycles. The van der Waals surface area contributed by atoms with Crippen LogP contribution in [0.25, 0.3) is 11.1 Å². The van der Waals surface area contributed by atoms with Gasteiger partial charge in [0.25, 0.3) is 0 Å². The van der Waals surface area contributed by atoms with E-state index < -0.39 is 37.0 Å². The second-order valence-electron chi connectivity index (χ2n) is 8.58. The highest BCUT2D eigenvalue weighted by Gasteiger charge is 2.59. The molecule has 0 saturated heterocycles. The van der Waals surface area contributed by atoms with Crippen LogP contribution in [0, 0.1) is 6.92 Å². The van der Waals surface area contributed by atoms with E-state index in [0.29, 0.717) is 0 Å². The van der Waals surface area contributed by atoms with Gasteiger partial charge in [0.1, 0.15) is 17.5 Å². The van der Waals surface area contributed by atoms with Gasteiger partial charge in [-0.2, -0.15) is 26.3 Å². The van der Waals surface area contributed by atoms with Crippen molar-refractivity contribution < 1.29 is 36.2 Å². The van der Waals surface area contributed by atoms with Crippen LogP contribution >= 0.6 is 0 Å². The molecule has 1 unspecified atom stereocenters. The SMILES string of the molecule is Cc1ccc(C2=C(c3nnn[nH]3)C(O)N[C@@](c3ccc(OCCCC(F)(F)F)cc3)(C(F)(F)F)C2)nc1. The van der Waals surface area contributed by atoms with Crippen LogP contribution in [0.1, 0.15) is 41.9 Å². The van der Waals surface area contributed by atoms with E-state index in [9.17, 15) is 31.4 Å². The number of aliphatic hydroxyl groups excluding tert-OH is 1. The molecule has 0 spiro atoms. The third kappa shape index (κ3) is 5.74. The summed E-state index contributed by atoms with van der Waals surface area (Å²) in [5, 5.41) is 26.4. The van der Waals surface area contributed by atoms with E-state index in [-0.39, 0.29) is 47.0 Å². The smallest absolute Gasteiger partial charge is 0.411 e. The Balaban J connectivity index is 1.70. The maximum absolute atomic E-state index is 14.7. The van der Waals surface area contributed by atoms with Crippen molar-refractivity contribution in [3.05, 3.63) is 65.2 Å². The number of pyridine rings is 1. The number of tetrazole rings is 1. The molecule has 0 amide bonds. The highest BCUT2D eigenvalue weighted by molar-refractivity contribution is 5.91. The Morgan fingerprint density at radius 3 is 2.38 bits per heavy atom. The van der Waals surface area contributed by atoms with Gasteiger partial charge in [0.05, 0.1) is 12.3 Å². The average Bonchev–Trinajstić information content (AvgIpc) is 3.35. The fourth-order valence-electron chi connectivity index (χ4n) is 4.13.